The molecule has 1 heterocycles. The molecule has 2 aromatic rings. The van der Waals surface area contributed by atoms with E-state index in [1.165, 1.54) is 23.5 Å². The maximum absolute atomic E-state index is 13.2. The van der Waals surface area contributed by atoms with E-state index in [0.29, 0.717) is 12.1 Å². The number of aromatic nitrogens is 1. The number of thiazole rings is 1. The minimum absolute atomic E-state index is 0.199. The second-order valence-corrected chi connectivity index (χ2v) is 11.5. The van der Waals surface area contributed by atoms with E-state index in [1.54, 1.807) is 32.9 Å². The Labute approximate surface area is 210 Å². The van der Waals surface area contributed by atoms with Crippen LogP contribution in [0, 0.1) is 5.92 Å². The Hall–Kier alpha value is -2.70. The predicted octanol–water partition coefficient (Wildman–Crippen LogP) is 3.87. The Morgan fingerprint density at radius 1 is 1.14 bits per heavy atom. The van der Waals surface area contributed by atoms with E-state index in [9.17, 15) is 18.0 Å². The summed E-state index contributed by atoms with van der Waals surface area (Å²) in [5.41, 5.74) is 1.02. The molecule has 4 N–H and O–H groups in total. The maximum atomic E-state index is 13.2. The highest BCUT2D eigenvalue weighted by atomic mass is 32.2. The lowest BCUT2D eigenvalue weighted by Gasteiger charge is -2.27. The van der Waals surface area contributed by atoms with Gasteiger partial charge in [0.1, 0.15) is 11.6 Å². The average Bonchev–Trinajstić information content (AvgIpc) is 3.19. The van der Waals surface area contributed by atoms with Gasteiger partial charge in [-0.25, -0.2) is 9.78 Å². The van der Waals surface area contributed by atoms with Gasteiger partial charge in [-0.1, -0.05) is 32.9 Å². The third-order valence-corrected chi connectivity index (χ3v) is 6.31. The number of hydrogen-bond donors (Lipinski definition) is 4. The Morgan fingerprint density at radius 2 is 1.77 bits per heavy atom. The number of nitrogens with zero attached hydrogens (tertiary/aromatic N) is 1. The lowest BCUT2D eigenvalue weighted by Crippen LogP contribution is -2.51. The van der Waals surface area contributed by atoms with E-state index in [0.717, 1.165) is 17.0 Å². The minimum atomic E-state index is -4.37. The highest BCUT2D eigenvalue weighted by molar-refractivity contribution is 7.87. The van der Waals surface area contributed by atoms with Gasteiger partial charge in [-0.05, 0) is 57.2 Å². The van der Waals surface area contributed by atoms with Gasteiger partial charge in [0.2, 0.25) is 5.91 Å². The van der Waals surface area contributed by atoms with Crippen LogP contribution >= 0.6 is 11.3 Å². The minimum Gasteiger partial charge on any atom is -0.444 e. The van der Waals surface area contributed by atoms with Crippen LogP contribution in [-0.4, -0.2) is 41.6 Å². The Kier molecular flexibility index (Phi) is 9.64. The monoisotopic (exact) mass is 526 g/mol. The molecule has 2 amide bonds. The average molecular weight is 527 g/mol. The number of alkyl carbamates (subject to hydrolysis) is 1. The number of nitrogens with one attached hydrogen (secondary N) is 3. The number of hydrogen-bond acceptors (Lipinski definition) is 7. The summed E-state index contributed by atoms with van der Waals surface area (Å²) < 4.78 is 38.3. The van der Waals surface area contributed by atoms with Gasteiger partial charge in [-0.2, -0.15) is 8.42 Å². The molecule has 0 aliphatic carbocycles. The molecule has 1 aromatic heterocycles. The van der Waals surface area contributed by atoms with Crippen LogP contribution in [0.25, 0.3) is 0 Å². The highest BCUT2D eigenvalue weighted by Crippen LogP contribution is 2.23. The standard InChI is InChI=1S/C23H34N4O6S2/c1-7-19-24-18(13-34-19)17(12-15-8-10-16(11-9-15)27-35(30,31)32)25-21(28)20(14(2)3)26-22(29)33-23(4,5)6/h8-11,13-14,17,20,27H,7,12H2,1-6H3,(H,25,28)(H,26,29)(H,30,31,32)/t17-,20-/m0/s1. The molecule has 0 saturated heterocycles. The molecule has 194 valence electrons. The van der Waals surface area contributed by atoms with Crippen LogP contribution in [-0.2, 0) is 32.7 Å². The highest BCUT2D eigenvalue weighted by Gasteiger charge is 2.29. The van der Waals surface area contributed by atoms with Crippen molar-refractivity contribution in [3.8, 4) is 0 Å². The molecular weight excluding hydrogens is 492 g/mol. The molecular formula is C23H34N4O6S2. The molecule has 0 fully saturated rings. The van der Waals surface area contributed by atoms with Crippen molar-refractivity contribution in [3.63, 3.8) is 0 Å². The molecule has 0 spiro atoms. The van der Waals surface area contributed by atoms with Crippen LogP contribution in [0.4, 0.5) is 10.5 Å². The quantitative estimate of drug-likeness (QED) is 0.344. The predicted molar refractivity (Wildman–Crippen MR) is 136 cm³/mol. The van der Waals surface area contributed by atoms with Gasteiger partial charge in [-0.15, -0.1) is 11.3 Å². The Balaban J connectivity index is 2.23. The fourth-order valence-corrected chi connectivity index (χ4v) is 4.43. The first kappa shape index (κ1) is 28.5. The fraction of sp³-hybridized carbons (Fsp3) is 0.522. The molecule has 1 aromatic carbocycles. The van der Waals surface area contributed by atoms with Gasteiger partial charge in [0.05, 0.1) is 22.4 Å². The van der Waals surface area contributed by atoms with Crippen LogP contribution < -0.4 is 15.4 Å². The van der Waals surface area contributed by atoms with Crippen molar-refractivity contribution in [2.75, 3.05) is 4.72 Å². The molecule has 0 radical (unpaired) electrons. The summed E-state index contributed by atoms with van der Waals surface area (Å²) in [6, 6.07) is 5.11. The first-order valence-corrected chi connectivity index (χ1v) is 13.6. The smallest absolute Gasteiger partial charge is 0.408 e. The molecule has 10 nitrogen and oxygen atoms in total. The van der Waals surface area contributed by atoms with Crippen LogP contribution in [0.3, 0.4) is 0 Å². The number of carbonyl (C=O) groups excluding carboxylic acids is 2. The SMILES string of the molecule is CCc1nc([C@H](Cc2ccc(NS(=O)(=O)O)cc2)NC(=O)[C@@H](NC(=O)OC(C)(C)C)C(C)C)cs1. The second kappa shape index (κ2) is 11.8. The number of anilines is 1. The Bertz CT molecular complexity index is 1110. The van der Waals surface area contributed by atoms with Gasteiger partial charge in [0, 0.05) is 5.38 Å². The van der Waals surface area contributed by atoms with Crippen molar-refractivity contribution >= 4 is 39.3 Å². The number of amides is 2. The number of benzene rings is 1. The van der Waals surface area contributed by atoms with E-state index < -0.39 is 34.1 Å². The van der Waals surface area contributed by atoms with E-state index in [4.69, 9.17) is 9.29 Å². The normalized spacial score (nSPS) is 13.7. The van der Waals surface area contributed by atoms with Crippen molar-refractivity contribution < 1.29 is 27.3 Å². The van der Waals surface area contributed by atoms with E-state index in [1.807, 2.05) is 30.9 Å². The van der Waals surface area contributed by atoms with Gasteiger partial charge in [0.25, 0.3) is 0 Å². The third kappa shape index (κ3) is 9.82. The molecule has 12 heteroatoms. The number of aryl methyl sites for hydroxylation is 1. The number of rotatable bonds is 10. The van der Waals surface area contributed by atoms with Gasteiger partial charge < -0.3 is 15.4 Å². The fourth-order valence-electron chi connectivity index (χ4n) is 3.20. The Morgan fingerprint density at radius 3 is 2.26 bits per heavy atom. The summed E-state index contributed by atoms with van der Waals surface area (Å²) in [4.78, 5) is 30.2. The summed E-state index contributed by atoms with van der Waals surface area (Å²) >= 11 is 1.50. The van der Waals surface area contributed by atoms with Gasteiger partial charge >= 0.3 is 16.4 Å². The van der Waals surface area contributed by atoms with Gasteiger partial charge in [-0.3, -0.25) is 14.1 Å². The molecule has 2 rings (SSSR count). The summed E-state index contributed by atoms with van der Waals surface area (Å²) in [7, 11) is -4.37. The van der Waals surface area contributed by atoms with E-state index >= 15 is 0 Å². The molecule has 2 atom stereocenters. The molecule has 0 unspecified atom stereocenters. The zero-order valence-corrected chi connectivity index (χ0v) is 22.4. The van der Waals surface area contributed by atoms with Crippen LogP contribution in [0.1, 0.15) is 63.8 Å². The summed E-state index contributed by atoms with van der Waals surface area (Å²) in [6.45, 7) is 10.9. The first-order valence-electron chi connectivity index (χ1n) is 11.2. The van der Waals surface area contributed by atoms with Gasteiger partial charge in [0.15, 0.2) is 0 Å². The largest absolute Gasteiger partial charge is 0.444 e. The van der Waals surface area contributed by atoms with E-state index in [-0.39, 0.29) is 17.5 Å². The third-order valence-electron chi connectivity index (χ3n) is 4.81. The lowest BCUT2D eigenvalue weighted by molar-refractivity contribution is -0.125. The number of carbonyl (C=O) groups is 2. The topological polar surface area (TPSA) is 147 Å². The van der Waals surface area contributed by atoms with Crippen molar-refractivity contribution in [1.82, 2.24) is 15.6 Å². The van der Waals surface area contributed by atoms with Crippen LogP contribution in [0.2, 0.25) is 0 Å². The zero-order valence-electron chi connectivity index (χ0n) is 20.8. The van der Waals surface area contributed by atoms with Crippen LogP contribution in [0.5, 0.6) is 0 Å². The van der Waals surface area contributed by atoms with Crippen molar-refractivity contribution in [2.24, 2.45) is 5.92 Å². The lowest BCUT2D eigenvalue weighted by atomic mass is 10.00. The summed E-state index contributed by atoms with van der Waals surface area (Å²) in [5, 5.41) is 8.49. The zero-order chi connectivity index (χ0) is 26.4. The first-order chi connectivity index (χ1) is 16.2. The molecule has 0 bridgehead atoms. The second-order valence-electron chi connectivity index (χ2n) is 9.43. The summed E-state index contributed by atoms with van der Waals surface area (Å²) in [6.07, 6.45) is 0.463. The molecule has 0 saturated carbocycles. The molecule has 0 aliphatic heterocycles. The van der Waals surface area contributed by atoms with E-state index in [2.05, 4.69) is 15.6 Å². The number of ether oxygens (including phenoxy) is 1. The molecule has 35 heavy (non-hydrogen) atoms. The maximum Gasteiger partial charge on any atom is 0.408 e. The van der Waals surface area contributed by atoms with Crippen LogP contribution in [0.15, 0.2) is 29.6 Å². The van der Waals surface area contributed by atoms with Crippen molar-refractivity contribution in [3.05, 3.63) is 45.9 Å². The summed E-state index contributed by atoms with van der Waals surface area (Å²) in [5.74, 6) is -0.567. The van der Waals surface area contributed by atoms with Crippen molar-refractivity contribution in [1.29, 1.82) is 0 Å². The molecule has 0 aliphatic rings. The van der Waals surface area contributed by atoms with Crippen molar-refractivity contribution in [2.45, 2.75) is 72.1 Å².